The Bertz CT molecular complexity index is 793. The molecule has 0 spiro atoms. The molecule has 2 aromatic carbocycles. The first-order valence-corrected chi connectivity index (χ1v) is 9.53. The first kappa shape index (κ1) is 19.1. The van der Waals surface area contributed by atoms with Crippen LogP contribution in [0, 0.1) is 5.82 Å². The second kappa shape index (κ2) is 8.73. The van der Waals surface area contributed by atoms with Crippen LogP contribution in [-0.4, -0.2) is 27.4 Å². The second-order valence-electron chi connectivity index (χ2n) is 5.44. The summed E-state index contributed by atoms with van der Waals surface area (Å²) in [6.45, 7) is 2.37. The van der Waals surface area contributed by atoms with E-state index in [-0.39, 0.29) is 17.3 Å². The number of hydrogen-bond donors (Lipinski definition) is 1. The third-order valence-corrected chi connectivity index (χ3v) is 5.12. The molecule has 7 heteroatoms. The van der Waals surface area contributed by atoms with Gasteiger partial charge in [0.05, 0.1) is 4.90 Å². The number of rotatable bonds is 8. The Hall–Kier alpha value is -2.25. The van der Waals surface area contributed by atoms with Crippen LogP contribution >= 0.6 is 0 Å². The highest BCUT2D eigenvalue weighted by Gasteiger charge is 2.16. The van der Waals surface area contributed by atoms with Crippen LogP contribution in [0.1, 0.15) is 19.8 Å². The fourth-order valence-electron chi connectivity index (χ4n) is 2.34. The lowest BCUT2D eigenvalue weighted by atomic mass is 10.2. The molecule has 0 fully saturated rings. The van der Waals surface area contributed by atoms with Gasteiger partial charge in [0, 0.05) is 25.2 Å². The van der Waals surface area contributed by atoms with E-state index < -0.39 is 15.8 Å². The average molecular weight is 364 g/mol. The molecule has 0 unspecified atom stereocenters. The number of hydrogen-bond acceptors (Lipinski definition) is 3. The summed E-state index contributed by atoms with van der Waals surface area (Å²) in [7, 11) is -3.69. The molecule has 0 aliphatic heterocycles. The third kappa shape index (κ3) is 5.37. The van der Waals surface area contributed by atoms with Crippen molar-refractivity contribution in [2.75, 3.05) is 18.0 Å². The summed E-state index contributed by atoms with van der Waals surface area (Å²) in [6.07, 6.45) is 0.831. The fourth-order valence-corrected chi connectivity index (χ4v) is 3.41. The molecule has 0 heterocycles. The van der Waals surface area contributed by atoms with Crippen LogP contribution in [0.5, 0.6) is 0 Å². The van der Waals surface area contributed by atoms with E-state index in [0.29, 0.717) is 19.4 Å². The summed E-state index contributed by atoms with van der Waals surface area (Å²) >= 11 is 0. The molecular formula is C18H21FN2O3S. The molecule has 1 N–H and O–H groups in total. The van der Waals surface area contributed by atoms with E-state index >= 15 is 0 Å². The van der Waals surface area contributed by atoms with Gasteiger partial charge in [0.2, 0.25) is 15.9 Å². The van der Waals surface area contributed by atoms with Crippen molar-refractivity contribution in [1.29, 1.82) is 0 Å². The number of nitrogens with one attached hydrogen (secondary N) is 1. The van der Waals surface area contributed by atoms with E-state index in [4.69, 9.17) is 0 Å². The van der Waals surface area contributed by atoms with Crippen molar-refractivity contribution in [3.05, 3.63) is 60.4 Å². The third-order valence-electron chi connectivity index (χ3n) is 3.65. The van der Waals surface area contributed by atoms with E-state index in [1.54, 1.807) is 11.8 Å². The Balaban J connectivity index is 1.94. The molecule has 25 heavy (non-hydrogen) atoms. The van der Waals surface area contributed by atoms with Crippen LogP contribution < -0.4 is 9.62 Å². The molecule has 5 nitrogen and oxygen atoms in total. The molecule has 1 amide bonds. The highest BCUT2D eigenvalue weighted by molar-refractivity contribution is 7.89. The highest BCUT2D eigenvalue weighted by Crippen LogP contribution is 2.15. The molecule has 0 saturated heterocycles. The zero-order chi connectivity index (χ0) is 18.3. The Kier molecular flexibility index (Phi) is 6.66. The van der Waals surface area contributed by atoms with E-state index in [1.807, 2.05) is 30.3 Å². The van der Waals surface area contributed by atoms with Gasteiger partial charge in [0.15, 0.2) is 0 Å². The van der Waals surface area contributed by atoms with E-state index in [1.165, 1.54) is 12.1 Å². The van der Waals surface area contributed by atoms with Crippen LogP contribution in [0.2, 0.25) is 0 Å². The number of sulfonamides is 1. The lowest BCUT2D eigenvalue weighted by Gasteiger charge is -2.22. The number of carbonyl (C=O) groups excluding carboxylic acids is 1. The molecule has 0 radical (unpaired) electrons. The Morgan fingerprint density at radius 3 is 2.32 bits per heavy atom. The molecule has 134 valence electrons. The molecule has 0 saturated carbocycles. The van der Waals surface area contributed by atoms with Gasteiger partial charge in [0.1, 0.15) is 5.82 Å². The van der Waals surface area contributed by atoms with Gasteiger partial charge in [0.25, 0.3) is 0 Å². The van der Waals surface area contributed by atoms with Crippen LogP contribution in [0.15, 0.2) is 59.5 Å². The van der Waals surface area contributed by atoms with Gasteiger partial charge >= 0.3 is 0 Å². The molecule has 0 aromatic heterocycles. The number of anilines is 1. The van der Waals surface area contributed by atoms with Gasteiger partial charge in [-0.05, 0) is 42.8 Å². The standard InChI is InChI=1S/C18H21FN2O3S/c1-2-18(22)21(16-7-4-3-5-8-16)14-6-13-20-25(23,24)17-11-9-15(19)10-12-17/h3-5,7-12,20H,2,6,13-14H2,1H3. The van der Waals surface area contributed by atoms with Crippen LogP contribution in [-0.2, 0) is 14.8 Å². The Labute approximate surface area is 147 Å². The number of amides is 1. The Morgan fingerprint density at radius 1 is 1.08 bits per heavy atom. The van der Waals surface area contributed by atoms with E-state index in [9.17, 15) is 17.6 Å². The van der Waals surface area contributed by atoms with Crippen molar-refractivity contribution >= 4 is 21.6 Å². The van der Waals surface area contributed by atoms with Crippen molar-refractivity contribution in [1.82, 2.24) is 4.72 Å². The first-order valence-electron chi connectivity index (χ1n) is 8.04. The normalized spacial score (nSPS) is 11.3. The lowest BCUT2D eigenvalue weighted by molar-refractivity contribution is -0.118. The van der Waals surface area contributed by atoms with Gasteiger partial charge in [-0.15, -0.1) is 0 Å². The highest BCUT2D eigenvalue weighted by atomic mass is 32.2. The van der Waals surface area contributed by atoms with Gasteiger partial charge < -0.3 is 4.90 Å². The minimum Gasteiger partial charge on any atom is -0.312 e. The minimum atomic E-state index is -3.69. The maximum Gasteiger partial charge on any atom is 0.240 e. The smallest absolute Gasteiger partial charge is 0.240 e. The summed E-state index contributed by atoms with van der Waals surface area (Å²) in [4.78, 5) is 13.8. The topological polar surface area (TPSA) is 66.5 Å². The quantitative estimate of drug-likeness (QED) is 0.733. The number of para-hydroxylation sites is 1. The largest absolute Gasteiger partial charge is 0.312 e. The van der Waals surface area contributed by atoms with Gasteiger partial charge in [-0.1, -0.05) is 25.1 Å². The maximum absolute atomic E-state index is 12.9. The van der Waals surface area contributed by atoms with Crippen molar-refractivity contribution in [3.8, 4) is 0 Å². The van der Waals surface area contributed by atoms with Gasteiger partial charge in [-0.3, -0.25) is 4.79 Å². The SMILES string of the molecule is CCC(=O)N(CCCNS(=O)(=O)c1ccc(F)cc1)c1ccccc1. The van der Waals surface area contributed by atoms with Crippen LogP contribution in [0.4, 0.5) is 10.1 Å². The fraction of sp³-hybridized carbons (Fsp3) is 0.278. The lowest BCUT2D eigenvalue weighted by Crippen LogP contribution is -2.34. The average Bonchev–Trinajstić information content (AvgIpc) is 2.62. The molecule has 0 atom stereocenters. The van der Waals surface area contributed by atoms with Crippen molar-refractivity contribution in [2.45, 2.75) is 24.7 Å². The number of benzene rings is 2. The summed E-state index contributed by atoms with van der Waals surface area (Å²) in [6, 6.07) is 13.9. The number of nitrogens with zero attached hydrogens (tertiary/aromatic N) is 1. The molecule has 0 aliphatic carbocycles. The van der Waals surface area contributed by atoms with E-state index in [2.05, 4.69) is 4.72 Å². The summed E-state index contributed by atoms with van der Waals surface area (Å²) < 4.78 is 39.6. The van der Waals surface area contributed by atoms with Crippen molar-refractivity contribution in [2.24, 2.45) is 0 Å². The molecule has 2 rings (SSSR count). The van der Waals surface area contributed by atoms with Gasteiger partial charge in [-0.25, -0.2) is 17.5 Å². The predicted molar refractivity (Wildman–Crippen MR) is 95.3 cm³/mol. The molecule has 2 aromatic rings. The molecule has 0 bridgehead atoms. The maximum atomic E-state index is 12.9. The predicted octanol–water partition coefficient (Wildman–Crippen LogP) is 2.94. The van der Waals surface area contributed by atoms with Crippen LogP contribution in [0.3, 0.4) is 0 Å². The van der Waals surface area contributed by atoms with Crippen molar-refractivity contribution < 1.29 is 17.6 Å². The first-order chi connectivity index (χ1) is 11.9. The van der Waals surface area contributed by atoms with Gasteiger partial charge in [-0.2, -0.15) is 0 Å². The summed E-state index contributed by atoms with van der Waals surface area (Å²) in [5.74, 6) is -0.511. The second-order valence-corrected chi connectivity index (χ2v) is 7.21. The summed E-state index contributed by atoms with van der Waals surface area (Å²) in [5.41, 5.74) is 0.788. The molecular weight excluding hydrogens is 343 g/mol. The zero-order valence-corrected chi connectivity index (χ0v) is 14.8. The minimum absolute atomic E-state index is 0.0125. The number of halogens is 1. The Morgan fingerprint density at radius 2 is 1.72 bits per heavy atom. The molecule has 0 aliphatic rings. The van der Waals surface area contributed by atoms with E-state index in [0.717, 1.165) is 17.8 Å². The zero-order valence-electron chi connectivity index (χ0n) is 14.0. The van der Waals surface area contributed by atoms with Crippen LogP contribution in [0.25, 0.3) is 0 Å². The summed E-state index contributed by atoms with van der Waals surface area (Å²) in [5, 5.41) is 0. The monoisotopic (exact) mass is 364 g/mol. The van der Waals surface area contributed by atoms with Crippen molar-refractivity contribution in [3.63, 3.8) is 0 Å². The number of carbonyl (C=O) groups is 1.